The van der Waals surface area contributed by atoms with Crippen LogP contribution in [0.4, 0.5) is 0 Å². The number of hydrogen-bond acceptors (Lipinski definition) is 2. The van der Waals surface area contributed by atoms with Crippen LogP contribution in [0, 0.1) is 0 Å². The highest BCUT2D eigenvalue weighted by atomic mass is 16.4. The van der Waals surface area contributed by atoms with Crippen LogP contribution in [0.5, 0.6) is 0 Å². The molecule has 0 aromatic carbocycles. The molecule has 4 nitrogen and oxygen atoms in total. The SMILES string of the molecule is C=C(CCC(=O)O)C(=C)C(=C)C(=C)C(=O)O. The summed E-state index contributed by atoms with van der Waals surface area (Å²) in [4.78, 5) is 20.9. The second kappa shape index (κ2) is 5.70. The normalized spacial score (nSPS) is 9.25. The molecule has 0 radical (unpaired) electrons. The Morgan fingerprint density at radius 1 is 0.812 bits per heavy atom. The van der Waals surface area contributed by atoms with Crippen LogP contribution >= 0.6 is 0 Å². The Kier molecular flexibility index (Phi) is 4.95. The third-order valence-corrected chi connectivity index (χ3v) is 2.05. The van der Waals surface area contributed by atoms with E-state index >= 15 is 0 Å². The van der Waals surface area contributed by atoms with Crippen LogP contribution in [-0.2, 0) is 9.59 Å². The minimum Gasteiger partial charge on any atom is -0.481 e. The summed E-state index contributed by atoms with van der Waals surface area (Å²) in [5.74, 6) is -2.13. The van der Waals surface area contributed by atoms with E-state index in [1.54, 1.807) is 0 Å². The lowest BCUT2D eigenvalue weighted by Crippen LogP contribution is -2.05. The number of hydrogen-bond donors (Lipinski definition) is 2. The lowest BCUT2D eigenvalue weighted by atomic mass is 9.94. The first-order chi connectivity index (χ1) is 7.27. The third kappa shape index (κ3) is 3.96. The molecule has 0 heterocycles. The molecule has 0 unspecified atom stereocenters. The van der Waals surface area contributed by atoms with Gasteiger partial charge in [-0.25, -0.2) is 4.79 Å². The highest BCUT2D eigenvalue weighted by molar-refractivity contribution is 5.93. The largest absolute Gasteiger partial charge is 0.481 e. The quantitative estimate of drug-likeness (QED) is 0.511. The fourth-order valence-corrected chi connectivity index (χ4v) is 0.933. The molecular formula is C12H14O4. The number of rotatable bonds is 7. The minimum atomic E-state index is -1.18. The van der Waals surface area contributed by atoms with Gasteiger partial charge in [-0.1, -0.05) is 26.3 Å². The second-order valence-electron chi connectivity index (χ2n) is 3.24. The van der Waals surface area contributed by atoms with E-state index < -0.39 is 11.9 Å². The van der Waals surface area contributed by atoms with Crippen LogP contribution in [-0.4, -0.2) is 22.2 Å². The summed E-state index contributed by atoms with van der Waals surface area (Å²) in [5.41, 5.74) is 0.785. The average molecular weight is 222 g/mol. The van der Waals surface area contributed by atoms with E-state index in [4.69, 9.17) is 10.2 Å². The predicted octanol–water partition coefficient (Wildman–Crippen LogP) is 2.16. The fraction of sp³-hybridized carbons (Fsp3) is 0.167. The van der Waals surface area contributed by atoms with Crippen LogP contribution in [0.1, 0.15) is 12.8 Å². The molecule has 0 rings (SSSR count). The molecule has 0 saturated heterocycles. The van der Waals surface area contributed by atoms with Gasteiger partial charge < -0.3 is 10.2 Å². The van der Waals surface area contributed by atoms with E-state index in [0.717, 1.165) is 0 Å². The van der Waals surface area contributed by atoms with Gasteiger partial charge in [-0.05, 0) is 23.1 Å². The summed E-state index contributed by atoms with van der Waals surface area (Å²) in [5, 5.41) is 17.2. The van der Waals surface area contributed by atoms with Crippen molar-refractivity contribution in [3.05, 3.63) is 48.6 Å². The van der Waals surface area contributed by atoms with Crippen molar-refractivity contribution in [2.45, 2.75) is 12.8 Å². The number of allylic oxidation sites excluding steroid dienone is 2. The molecule has 0 bridgehead atoms. The van der Waals surface area contributed by atoms with Crippen molar-refractivity contribution in [1.29, 1.82) is 0 Å². The van der Waals surface area contributed by atoms with Gasteiger partial charge in [-0.15, -0.1) is 0 Å². The molecule has 0 amide bonds. The molecule has 0 aliphatic heterocycles. The summed E-state index contributed by atoms with van der Waals surface area (Å²) in [6.45, 7) is 14.1. The summed E-state index contributed by atoms with van der Waals surface area (Å²) in [7, 11) is 0. The maximum atomic E-state index is 10.6. The van der Waals surface area contributed by atoms with E-state index in [1.165, 1.54) is 0 Å². The van der Waals surface area contributed by atoms with E-state index in [2.05, 4.69) is 26.3 Å². The third-order valence-electron chi connectivity index (χ3n) is 2.05. The zero-order valence-electron chi connectivity index (χ0n) is 8.95. The number of aliphatic carboxylic acids is 2. The first kappa shape index (κ1) is 13.9. The van der Waals surface area contributed by atoms with Crippen molar-refractivity contribution >= 4 is 11.9 Å². The maximum absolute atomic E-state index is 10.6. The molecule has 0 fully saturated rings. The topological polar surface area (TPSA) is 74.6 Å². The van der Waals surface area contributed by atoms with Crippen LogP contribution in [0.25, 0.3) is 0 Å². The Morgan fingerprint density at radius 2 is 1.31 bits per heavy atom. The van der Waals surface area contributed by atoms with Crippen molar-refractivity contribution < 1.29 is 19.8 Å². The van der Waals surface area contributed by atoms with Gasteiger partial charge in [-0.3, -0.25) is 4.79 Å². The van der Waals surface area contributed by atoms with Gasteiger partial charge in [-0.2, -0.15) is 0 Å². The Balaban J connectivity index is 4.51. The number of carboxylic acid groups (broad SMARTS) is 2. The molecule has 0 aliphatic carbocycles. The van der Waals surface area contributed by atoms with Crippen LogP contribution in [0.2, 0.25) is 0 Å². The maximum Gasteiger partial charge on any atom is 0.335 e. The Labute approximate surface area is 93.9 Å². The Bertz CT molecular complexity index is 388. The first-order valence-electron chi connectivity index (χ1n) is 4.48. The zero-order valence-corrected chi connectivity index (χ0v) is 8.95. The fourth-order valence-electron chi connectivity index (χ4n) is 0.933. The van der Waals surface area contributed by atoms with Crippen LogP contribution in [0.15, 0.2) is 48.6 Å². The van der Waals surface area contributed by atoms with Crippen molar-refractivity contribution in [1.82, 2.24) is 0 Å². The standard InChI is InChI=1S/C12H14O4/c1-7(5-6-11(13)14)8(2)9(3)10(4)12(15)16/h1-6H2,(H,13,14)(H,15,16). The molecule has 2 N–H and O–H groups in total. The van der Waals surface area contributed by atoms with Gasteiger partial charge >= 0.3 is 11.9 Å². The molecule has 0 aliphatic rings. The predicted molar refractivity (Wildman–Crippen MR) is 61.1 cm³/mol. The highest BCUT2D eigenvalue weighted by Crippen LogP contribution is 2.23. The van der Waals surface area contributed by atoms with E-state index in [0.29, 0.717) is 11.1 Å². The number of carbonyl (C=O) groups is 2. The monoisotopic (exact) mass is 222 g/mol. The van der Waals surface area contributed by atoms with Crippen molar-refractivity contribution in [3.8, 4) is 0 Å². The van der Waals surface area contributed by atoms with E-state index in [1.807, 2.05) is 0 Å². The highest BCUT2D eigenvalue weighted by Gasteiger charge is 2.13. The molecule has 0 aromatic rings. The zero-order chi connectivity index (χ0) is 12.9. The van der Waals surface area contributed by atoms with Gasteiger partial charge in [0.15, 0.2) is 0 Å². The molecule has 0 spiro atoms. The van der Waals surface area contributed by atoms with Gasteiger partial charge in [0.05, 0.1) is 5.57 Å². The van der Waals surface area contributed by atoms with Gasteiger partial charge in [0.2, 0.25) is 0 Å². The summed E-state index contributed by atoms with van der Waals surface area (Å²) < 4.78 is 0. The van der Waals surface area contributed by atoms with Gasteiger partial charge in [0.1, 0.15) is 0 Å². The summed E-state index contributed by atoms with van der Waals surface area (Å²) in [6, 6.07) is 0. The molecular weight excluding hydrogens is 208 g/mol. The summed E-state index contributed by atoms with van der Waals surface area (Å²) in [6.07, 6.45) is 0.130. The van der Waals surface area contributed by atoms with Crippen molar-refractivity contribution in [3.63, 3.8) is 0 Å². The van der Waals surface area contributed by atoms with E-state index in [9.17, 15) is 9.59 Å². The Morgan fingerprint density at radius 3 is 1.69 bits per heavy atom. The second-order valence-corrected chi connectivity index (χ2v) is 3.24. The molecule has 86 valence electrons. The number of carboxylic acids is 2. The molecule has 0 aromatic heterocycles. The van der Waals surface area contributed by atoms with Crippen LogP contribution in [0.3, 0.4) is 0 Å². The smallest absolute Gasteiger partial charge is 0.335 e. The molecule has 0 atom stereocenters. The van der Waals surface area contributed by atoms with Gasteiger partial charge in [0, 0.05) is 6.42 Å². The molecule has 16 heavy (non-hydrogen) atoms. The Hall–Kier alpha value is -2.10. The first-order valence-corrected chi connectivity index (χ1v) is 4.48. The minimum absolute atomic E-state index is 0.0787. The van der Waals surface area contributed by atoms with Crippen LogP contribution < -0.4 is 0 Å². The van der Waals surface area contributed by atoms with E-state index in [-0.39, 0.29) is 24.0 Å². The van der Waals surface area contributed by atoms with Crippen molar-refractivity contribution in [2.75, 3.05) is 0 Å². The summed E-state index contributed by atoms with van der Waals surface area (Å²) >= 11 is 0. The van der Waals surface area contributed by atoms with Gasteiger partial charge in [0.25, 0.3) is 0 Å². The molecule has 4 heteroatoms. The lowest BCUT2D eigenvalue weighted by molar-refractivity contribution is -0.137. The van der Waals surface area contributed by atoms with Crippen molar-refractivity contribution in [2.24, 2.45) is 0 Å². The lowest BCUT2D eigenvalue weighted by Gasteiger charge is -2.11. The molecule has 0 saturated carbocycles. The average Bonchev–Trinajstić information content (AvgIpc) is 2.22.